The fourth-order valence-electron chi connectivity index (χ4n) is 2.76. The minimum Gasteiger partial charge on any atom is -0.323 e. The molecule has 2 aliphatic rings. The quantitative estimate of drug-likeness (QED) is 0.878. The van der Waals surface area contributed by atoms with Crippen LogP contribution in [0.3, 0.4) is 0 Å². The highest BCUT2D eigenvalue weighted by atomic mass is 79.9. The first kappa shape index (κ1) is 14.3. The van der Waals surface area contributed by atoms with E-state index in [9.17, 15) is 0 Å². The summed E-state index contributed by atoms with van der Waals surface area (Å²) in [5, 5.41) is 3.26. The predicted molar refractivity (Wildman–Crippen MR) is 95.6 cm³/mol. The van der Waals surface area contributed by atoms with Gasteiger partial charge in [0.05, 0.1) is 22.4 Å². The summed E-state index contributed by atoms with van der Waals surface area (Å²) in [6.45, 7) is 5.57. The number of hydrogen-bond acceptors (Lipinski definition) is 6. The Bertz CT molecular complexity index is 858. The molecule has 0 aliphatic carbocycles. The smallest absolute Gasteiger partial charge is 0.229 e. The van der Waals surface area contributed by atoms with Crippen LogP contribution in [0.4, 0.5) is 17.5 Å². The van der Waals surface area contributed by atoms with Crippen LogP contribution in [0.15, 0.2) is 27.8 Å². The van der Waals surface area contributed by atoms with E-state index >= 15 is 0 Å². The van der Waals surface area contributed by atoms with Gasteiger partial charge in [0.15, 0.2) is 0 Å². The summed E-state index contributed by atoms with van der Waals surface area (Å²) in [6.07, 6.45) is 3.84. The second-order valence-corrected chi connectivity index (χ2v) is 6.39. The summed E-state index contributed by atoms with van der Waals surface area (Å²) in [4.78, 5) is 20.2. The Labute approximate surface area is 142 Å². The highest BCUT2D eigenvalue weighted by Gasteiger charge is 2.28. The zero-order chi connectivity index (χ0) is 16.0. The number of rotatable bonds is 2. The van der Waals surface area contributed by atoms with Gasteiger partial charge in [0.25, 0.3) is 0 Å². The summed E-state index contributed by atoms with van der Waals surface area (Å²) in [6, 6.07) is 3.97. The van der Waals surface area contributed by atoms with Gasteiger partial charge < -0.3 is 10.2 Å². The van der Waals surface area contributed by atoms with E-state index in [1.54, 1.807) is 0 Å². The molecule has 0 spiro atoms. The molecule has 6 nitrogen and oxygen atoms in total. The van der Waals surface area contributed by atoms with Crippen LogP contribution < -0.4 is 10.2 Å². The van der Waals surface area contributed by atoms with Crippen molar-refractivity contribution in [3.63, 3.8) is 0 Å². The van der Waals surface area contributed by atoms with Gasteiger partial charge >= 0.3 is 0 Å². The Morgan fingerprint density at radius 1 is 1.22 bits per heavy atom. The Kier molecular flexibility index (Phi) is 3.37. The highest BCUT2D eigenvalue weighted by Crippen LogP contribution is 2.33. The van der Waals surface area contributed by atoms with Crippen LogP contribution in [-0.4, -0.2) is 33.9 Å². The minimum atomic E-state index is 0.565. The number of aryl methyl sites for hydroxylation is 2. The normalized spacial score (nSPS) is 15.7. The van der Waals surface area contributed by atoms with Crippen molar-refractivity contribution < 1.29 is 0 Å². The lowest BCUT2D eigenvalue weighted by Gasteiger charge is -2.25. The molecule has 0 unspecified atom stereocenters. The SMILES string of the molecule is Cc1ccc(Nc2ncc3c(n2)N2CCN=C2C(Br)=C3)c(C)n1. The average molecular weight is 371 g/mol. The number of hydrogen-bond donors (Lipinski definition) is 1. The van der Waals surface area contributed by atoms with Crippen LogP contribution >= 0.6 is 15.9 Å². The van der Waals surface area contributed by atoms with Crippen molar-refractivity contribution in [1.82, 2.24) is 15.0 Å². The first-order chi connectivity index (χ1) is 11.1. The summed E-state index contributed by atoms with van der Waals surface area (Å²) in [7, 11) is 0. The number of aromatic nitrogens is 3. The molecule has 7 heteroatoms. The number of fused-ring (bicyclic) bond motifs is 3. The molecule has 2 aliphatic heterocycles. The number of pyridine rings is 1. The fourth-order valence-corrected chi connectivity index (χ4v) is 3.34. The number of anilines is 3. The van der Waals surface area contributed by atoms with E-state index in [1.165, 1.54) is 0 Å². The summed E-state index contributed by atoms with van der Waals surface area (Å²) < 4.78 is 0.977. The fraction of sp³-hybridized carbons (Fsp3) is 0.250. The van der Waals surface area contributed by atoms with Crippen molar-refractivity contribution in [2.45, 2.75) is 13.8 Å². The van der Waals surface area contributed by atoms with Crippen molar-refractivity contribution in [2.75, 3.05) is 23.3 Å². The number of amidine groups is 1. The predicted octanol–water partition coefficient (Wildman–Crippen LogP) is 3.20. The zero-order valence-corrected chi connectivity index (χ0v) is 14.4. The van der Waals surface area contributed by atoms with Crippen LogP contribution in [-0.2, 0) is 0 Å². The molecule has 2 aromatic rings. The molecule has 0 aromatic carbocycles. The first-order valence-corrected chi connectivity index (χ1v) is 8.19. The second kappa shape index (κ2) is 5.42. The van der Waals surface area contributed by atoms with E-state index < -0.39 is 0 Å². The van der Waals surface area contributed by atoms with E-state index in [4.69, 9.17) is 0 Å². The molecule has 116 valence electrons. The van der Waals surface area contributed by atoms with Gasteiger partial charge in [-0.25, -0.2) is 4.98 Å². The van der Waals surface area contributed by atoms with Gasteiger partial charge in [0, 0.05) is 24.0 Å². The molecule has 2 aromatic heterocycles. The van der Waals surface area contributed by atoms with Gasteiger partial charge in [0.1, 0.15) is 11.7 Å². The zero-order valence-electron chi connectivity index (χ0n) is 12.8. The van der Waals surface area contributed by atoms with E-state index in [-0.39, 0.29) is 0 Å². The largest absolute Gasteiger partial charge is 0.323 e. The number of aliphatic imine (C=N–C) groups is 1. The van der Waals surface area contributed by atoms with Crippen molar-refractivity contribution in [1.29, 1.82) is 0 Å². The van der Waals surface area contributed by atoms with Gasteiger partial charge in [0.2, 0.25) is 5.95 Å². The van der Waals surface area contributed by atoms with Crippen LogP contribution in [0.2, 0.25) is 0 Å². The molecule has 23 heavy (non-hydrogen) atoms. The van der Waals surface area contributed by atoms with Gasteiger partial charge in [-0.15, -0.1) is 0 Å². The first-order valence-electron chi connectivity index (χ1n) is 7.40. The molecule has 4 heterocycles. The summed E-state index contributed by atoms with van der Waals surface area (Å²) in [5.41, 5.74) is 3.82. The van der Waals surface area contributed by atoms with E-state index in [0.717, 1.165) is 51.9 Å². The number of nitrogens with one attached hydrogen (secondary N) is 1. The van der Waals surface area contributed by atoms with Crippen LogP contribution in [0.5, 0.6) is 0 Å². The lowest BCUT2D eigenvalue weighted by atomic mass is 10.2. The second-order valence-electron chi connectivity index (χ2n) is 5.53. The van der Waals surface area contributed by atoms with Crippen LogP contribution in [0, 0.1) is 13.8 Å². The molecule has 0 atom stereocenters. The third-order valence-electron chi connectivity index (χ3n) is 3.86. The van der Waals surface area contributed by atoms with E-state index in [0.29, 0.717) is 5.95 Å². The van der Waals surface area contributed by atoms with Crippen molar-refractivity contribution in [2.24, 2.45) is 4.99 Å². The highest BCUT2D eigenvalue weighted by molar-refractivity contribution is 9.12. The lowest BCUT2D eigenvalue weighted by Crippen LogP contribution is -2.31. The van der Waals surface area contributed by atoms with Crippen molar-refractivity contribution in [3.8, 4) is 0 Å². The minimum absolute atomic E-state index is 0.565. The molecule has 4 rings (SSSR count). The number of halogens is 1. The molecular formula is C16H15BrN6. The Morgan fingerprint density at radius 2 is 2.09 bits per heavy atom. The third-order valence-corrected chi connectivity index (χ3v) is 4.44. The Morgan fingerprint density at radius 3 is 2.91 bits per heavy atom. The maximum Gasteiger partial charge on any atom is 0.229 e. The Hall–Kier alpha value is -2.28. The molecule has 0 saturated heterocycles. The average Bonchev–Trinajstić information content (AvgIpc) is 3.01. The van der Waals surface area contributed by atoms with Gasteiger partial charge in [-0.2, -0.15) is 4.98 Å². The molecule has 0 amide bonds. The topological polar surface area (TPSA) is 66.3 Å². The molecular weight excluding hydrogens is 356 g/mol. The standard InChI is InChI=1S/C16H15BrN6/c1-9-3-4-13(10(2)20-9)21-16-19-8-11-7-12(17)15-18-5-6-23(15)14(11)22-16/h3-4,7-8H,5-6H2,1-2H3,(H,19,21,22). The van der Waals surface area contributed by atoms with Crippen molar-refractivity contribution in [3.05, 3.63) is 39.8 Å². The van der Waals surface area contributed by atoms with Crippen molar-refractivity contribution >= 4 is 45.3 Å². The third kappa shape index (κ3) is 2.50. The number of nitrogens with zero attached hydrogens (tertiary/aromatic N) is 5. The maximum absolute atomic E-state index is 4.68. The van der Waals surface area contributed by atoms with Gasteiger partial charge in [-0.05, 0) is 48.0 Å². The maximum atomic E-state index is 4.68. The Balaban J connectivity index is 1.70. The summed E-state index contributed by atoms with van der Waals surface area (Å²) in [5.74, 6) is 2.39. The molecule has 0 radical (unpaired) electrons. The van der Waals surface area contributed by atoms with Gasteiger partial charge in [-0.3, -0.25) is 9.98 Å². The molecule has 0 fully saturated rings. The lowest BCUT2D eigenvalue weighted by molar-refractivity contribution is 0.985. The molecule has 0 saturated carbocycles. The molecule has 0 bridgehead atoms. The monoisotopic (exact) mass is 370 g/mol. The van der Waals surface area contributed by atoms with E-state index in [1.807, 2.05) is 38.3 Å². The summed E-state index contributed by atoms with van der Waals surface area (Å²) >= 11 is 3.56. The van der Waals surface area contributed by atoms with Crippen LogP contribution in [0.1, 0.15) is 17.0 Å². The van der Waals surface area contributed by atoms with Crippen LogP contribution in [0.25, 0.3) is 6.08 Å². The van der Waals surface area contributed by atoms with Gasteiger partial charge in [-0.1, -0.05) is 0 Å². The molecule has 1 N–H and O–H groups in total. The van der Waals surface area contributed by atoms with E-state index in [2.05, 4.69) is 46.1 Å².